The molecule has 0 radical (unpaired) electrons. The van der Waals surface area contributed by atoms with Crippen molar-refractivity contribution in [2.24, 2.45) is 10.9 Å². The first-order chi connectivity index (χ1) is 11.7. The standard InChI is InChI=1S/C19H31FN4/c1-16-8-13-24(14-9-16)12-4-10-22-19(21-2)23-11-7-17-5-3-6-18(20)15-17/h3,5-6,15-16H,4,7-14H2,1-2H3,(H2,21,22,23). The van der Waals surface area contributed by atoms with E-state index in [1.165, 1.54) is 32.0 Å². The molecule has 1 aliphatic heterocycles. The van der Waals surface area contributed by atoms with Crippen molar-refractivity contribution in [2.75, 3.05) is 39.8 Å². The van der Waals surface area contributed by atoms with Crippen LogP contribution in [0.3, 0.4) is 0 Å². The summed E-state index contributed by atoms with van der Waals surface area (Å²) in [5.41, 5.74) is 0.997. The minimum atomic E-state index is -0.179. The molecule has 1 aliphatic rings. The number of hydrogen-bond acceptors (Lipinski definition) is 2. The lowest BCUT2D eigenvalue weighted by Crippen LogP contribution is -2.40. The lowest BCUT2D eigenvalue weighted by atomic mass is 9.99. The summed E-state index contributed by atoms with van der Waals surface area (Å²) in [6.07, 6.45) is 4.57. The molecule has 0 saturated carbocycles. The van der Waals surface area contributed by atoms with Gasteiger partial charge in [-0.05, 0) is 68.9 Å². The van der Waals surface area contributed by atoms with E-state index in [0.717, 1.165) is 49.9 Å². The molecule has 1 fully saturated rings. The van der Waals surface area contributed by atoms with Gasteiger partial charge in [0.15, 0.2) is 5.96 Å². The predicted octanol–water partition coefficient (Wildman–Crippen LogP) is 2.66. The zero-order chi connectivity index (χ0) is 17.2. The second-order valence-corrected chi connectivity index (χ2v) is 6.68. The topological polar surface area (TPSA) is 39.7 Å². The third kappa shape index (κ3) is 6.87. The molecular weight excluding hydrogens is 303 g/mol. The number of nitrogens with one attached hydrogen (secondary N) is 2. The van der Waals surface area contributed by atoms with Crippen molar-refractivity contribution >= 4 is 5.96 Å². The quantitative estimate of drug-likeness (QED) is 0.457. The summed E-state index contributed by atoms with van der Waals surface area (Å²) in [7, 11) is 1.78. The largest absolute Gasteiger partial charge is 0.356 e. The Hall–Kier alpha value is -1.62. The van der Waals surface area contributed by atoms with E-state index in [-0.39, 0.29) is 5.82 Å². The fraction of sp³-hybridized carbons (Fsp3) is 0.632. The summed E-state index contributed by atoms with van der Waals surface area (Å²) >= 11 is 0. The zero-order valence-electron chi connectivity index (χ0n) is 15.0. The molecule has 1 saturated heterocycles. The third-order valence-electron chi connectivity index (χ3n) is 4.64. The van der Waals surface area contributed by atoms with Crippen LogP contribution in [-0.2, 0) is 6.42 Å². The monoisotopic (exact) mass is 334 g/mol. The molecule has 0 unspecified atom stereocenters. The van der Waals surface area contributed by atoms with E-state index in [4.69, 9.17) is 0 Å². The molecule has 1 aromatic carbocycles. The molecule has 0 atom stereocenters. The molecule has 2 N–H and O–H groups in total. The van der Waals surface area contributed by atoms with Crippen LogP contribution in [0.4, 0.5) is 4.39 Å². The Balaban J connectivity index is 1.57. The lowest BCUT2D eigenvalue weighted by Gasteiger charge is -2.30. The van der Waals surface area contributed by atoms with Crippen molar-refractivity contribution in [2.45, 2.75) is 32.6 Å². The average molecular weight is 334 g/mol. The maximum absolute atomic E-state index is 13.1. The normalized spacial score (nSPS) is 17.0. The molecule has 4 nitrogen and oxygen atoms in total. The van der Waals surface area contributed by atoms with Crippen LogP contribution in [0.2, 0.25) is 0 Å². The van der Waals surface area contributed by atoms with Crippen LogP contribution >= 0.6 is 0 Å². The van der Waals surface area contributed by atoms with E-state index in [9.17, 15) is 4.39 Å². The minimum absolute atomic E-state index is 0.179. The summed E-state index contributed by atoms with van der Waals surface area (Å²) in [5.74, 6) is 1.53. The first kappa shape index (κ1) is 18.7. The number of piperidine rings is 1. The highest BCUT2D eigenvalue weighted by molar-refractivity contribution is 5.79. The van der Waals surface area contributed by atoms with Crippen LogP contribution in [0, 0.1) is 11.7 Å². The molecule has 2 rings (SSSR count). The Kier molecular flexibility index (Phi) is 8.02. The van der Waals surface area contributed by atoms with Gasteiger partial charge in [-0.15, -0.1) is 0 Å². The van der Waals surface area contributed by atoms with Gasteiger partial charge in [-0.2, -0.15) is 0 Å². The maximum atomic E-state index is 13.1. The predicted molar refractivity (Wildman–Crippen MR) is 98.9 cm³/mol. The Morgan fingerprint density at radius 2 is 2.00 bits per heavy atom. The van der Waals surface area contributed by atoms with E-state index in [1.807, 2.05) is 6.07 Å². The second kappa shape index (κ2) is 10.3. The summed E-state index contributed by atoms with van der Waals surface area (Å²) in [5, 5.41) is 6.64. The second-order valence-electron chi connectivity index (χ2n) is 6.68. The Morgan fingerprint density at radius 3 is 2.71 bits per heavy atom. The molecular formula is C19H31FN4. The van der Waals surface area contributed by atoms with Gasteiger partial charge in [0.2, 0.25) is 0 Å². The van der Waals surface area contributed by atoms with Crippen LogP contribution < -0.4 is 10.6 Å². The number of aliphatic imine (C=N–C) groups is 1. The molecule has 1 aromatic rings. The summed E-state index contributed by atoms with van der Waals surface area (Å²) in [4.78, 5) is 6.80. The van der Waals surface area contributed by atoms with Crippen molar-refractivity contribution in [1.82, 2.24) is 15.5 Å². The first-order valence-electron chi connectivity index (χ1n) is 9.08. The van der Waals surface area contributed by atoms with E-state index < -0.39 is 0 Å². The third-order valence-corrected chi connectivity index (χ3v) is 4.64. The van der Waals surface area contributed by atoms with Gasteiger partial charge < -0.3 is 15.5 Å². The minimum Gasteiger partial charge on any atom is -0.356 e. The fourth-order valence-corrected chi connectivity index (χ4v) is 3.03. The zero-order valence-corrected chi connectivity index (χ0v) is 15.0. The number of rotatable bonds is 7. The van der Waals surface area contributed by atoms with Gasteiger partial charge in [0.05, 0.1) is 0 Å². The number of hydrogen-bond donors (Lipinski definition) is 2. The highest BCUT2D eigenvalue weighted by Gasteiger charge is 2.14. The van der Waals surface area contributed by atoms with Crippen molar-refractivity contribution in [1.29, 1.82) is 0 Å². The fourth-order valence-electron chi connectivity index (χ4n) is 3.03. The van der Waals surface area contributed by atoms with Crippen LogP contribution in [0.5, 0.6) is 0 Å². The van der Waals surface area contributed by atoms with Gasteiger partial charge in [-0.1, -0.05) is 19.1 Å². The Bertz CT molecular complexity index is 510. The molecule has 0 spiro atoms. The van der Waals surface area contributed by atoms with Gasteiger partial charge in [0, 0.05) is 20.1 Å². The van der Waals surface area contributed by atoms with Crippen LogP contribution in [-0.4, -0.2) is 50.6 Å². The molecule has 5 heteroatoms. The summed E-state index contributed by atoms with van der Waals surface area (Å²) < 4.78 is 13.1. The molecule has 0 amide bonds. The maximum Gasteiger partial charge on any atom is 0.190 e. The first-order valence-corrected chi connectivity index (χ1v) is 9.08. The molecule has 134 valence electrons. The summed E-state index contributed by atoms with van der Waals surface area (Å²) in [6, 6.07) is 6.75. The van der Waals surface area contributed by atoms with Crippen molar-refractivity contribution < 1.29 is 4.39 Å². The van der Waals surface area contributed by atoms with Crippen molar-refractivity contribution in [3.8, 4) is 0 Å². The number of benzene rings is 1. The van der Waals surface area contributed by atoms with Gasteiger partial charge in [-0.25, -0.2) is 4.39 Å². The van der Waals surface area contributed by atoms with Crippen LogP contribution in [0.25, 0.3) is 0 Å². The number of nitrogens with zero attached hydrogens (tertiary/aromatic N) is 2. The molecule has 0 bridgehead atoms. The van der Waals surface area contributed by atoms with Crippen LogP contribution in [0.1, 0.15) is 31.7 Å². The average Bonchev–Trinajstić information content (AvgIpc) is 2.58. The Morgan fingerprint density at radius 1 is 1.25 bits per heavy atom. The van der Waals surface area contributed by atoms with E-state index in [0.29, 0.717) is 0 Å². The molecule has 0 aliphatic carbocycles. The van der Waals surface area contributed by atoms with E-state index >= 15 is 0 Å². The van der Waals surface area contributed by atoms with Gasteiger partial charge in [0.25, 0.3) is 0 Å². The van der Waals surface area contributed by atoms with Crippen molar-refractivity contribution in [3.05, 3.63) is 35.6 Å². The number of likely N-dealkylation sites (tertiary alicyclic amines) is 1. The number of guanidine groups is 1. The molecule has 1 heterocycles. The van der Waals surface area contributed by atoms with Gasteiger partial charge in [0.1, 0.15) is 5.82 Å². The highest BCUT2D eigenvalue weighted by Crippen LogP contribution is 2.15. The molecule has 0 aromatic heterocycles. The van der Waals surface area contributed by atoms with Crippen LogP contribution in [0.15, 0.2) is 29.3 Å². The van der Waals surface area contributed by atoms with Gasteiger partial charge >= 0.3 is 0 Å². The smallest absolute Gasteiger partial charge is 0.190 e. The van der Waals surface area contributed by atoms with Crippen molar-refractivity contribution in [3.63, 3.8) is 0 Å². The van der Waals surface area contributed by atoms with E-state index in [2.05, 4.69) is 27.4 Å². The Labute approximate surface area is 145 Å². The summed E-state index contributed by atoms with van der Waals surface area (Å²) in [6.45, 7) is 7.64. The SMILES string of the molecule is CN=C(NCCCN1CCC(C)CC1)NCCc1cccc(F)c1. The molecule has 24 heavy (non-hydrogen) atoms. The van der Waals surface area contributed by atoms with E-state index in [1.54, 1.807) is 19.2 Å². The number of halogens is 1. The van der Waals surface area contributed by atoms with Gasteiger partial charge in [-0.3, -0.25) is 4.99 Å². The highest BCUT2D eigenvalue weighted by atomic mass is 19.1. The lowest BCUT2D eigenvalue weighted by molar-refractivity contribution is 0.191.